The number of hydrogen-bond donors (Lipinski definition) is 1. The first-order valence-corrected chi connectivity index (χ1v) is 7.83. The van der Waals surface area contributed by atoms with E-state index in [1.807, 2.05) is 37.3 Å². The Hall–Kier alpha value is -2.58. The predicted molar refractivity (Wildman–Crippen MR) is 94.0 cm³/mol. The van der Waals surface area contributed by atoms with Gasteiger partial charge in [-0.2, -0.15) is 5.26 Å². The number of carbonyl (C=O) groups excluding carboxylic acids is 1. The fourth-order valence-electron chi connectivity index (χ4n) is 1.91. The number of halogens is 1. The summed E-state index contributed by atoms with van der Waals surface area (Å²) in [5, 5.41) is 11.9. The minimum absolute atomic E-state index is 0.0389. The van der Waals surface area contributed by atoms with Crippen LogP contribution in [0.1, 0.15) is 12.5 Å². The molecule has 5 heteroatoms. The topological polar surface area (TPSA) is 62.1 Å². The third kappa shape index (κ3) is 4.97. The average Bonchev–Trinajstić information content (AvgIpc) is 2.54. The summed E-state index contributed by atoms with van der Waals surface area (Å²) in [6.07, 6.45) is 1.55. The third-order valence-corrected chi connectivity index (χ3v) is 3.44. The third-order valence-electron chi connectivity index (χ3n) is 2.95. The van der Waals surface area contributed by atoms with Gasteiger partial charge in [0.2, 0.25) is 0 Å². The van der Waals surface area contributed by atoms with Gasteiger partial charge < -0.3 is 10.1 Å². The Morgan fingerprint density at radius 1 is 1.30 bits per heavy atom. The van der Waals surface area contributed by atoms with Crippen molar-refractivity contribution in [3.63, 3.8) is 0 Å². The van der Waals surface area contributed by atoms with Crippen molar-refractivity contribution in [3.8, 4) is 11.8 Å². The number of rotatable bonds is 5. The Labute approximate surface area is 143 Å². The smallest absolute Gasteiger partial charge is 0.266 e. The number of nitrogens with one attached hydrogen (secondary N) is 1. The highest BCUT2D eigenvalue weighted by Crippen LogP contribution is 2.18. The second-order valence-corrected chi connectivity index (χ2v) is 5.55. The molecule has 0 aliphatic carbocycles. The fraction of sp³-hybridized carbons (Fsp3) is 0.111. The van der Waals surface area contributed by atoms with Crippen LogP contribution in [-0.2, 0) is 4.79 Å². The lowest BCUT2D eigenvalue weighted by atomic mass is 10.1. The molecule has 1 amide bonds. The van der Waals surface area contributed by atoms with Crippen molar-refractivity contribution in [2.45, 2.75) is 6.92 Å². The van der Waals surface area contributed by atoms with Crippen molar-refractivity contribution in [3.05, 3.63) is 64.1 Å². The van der Waals surface area contributed by atoms with Crippen molar-refractivity contribution in [1.82, 2.24) is 0 Å². The average molecular weight is 371 g/mol. The molecule has 23 heavy (non-hydrogen) atoms. The normalized spacial score (nSPS) is 10.7. The van der Waals surface area contributed by atoms with Gasteiger partial charge in [0.15, 0.2) is 0 Å². The highest BCUT2D eigenvalue weighted by molar-refractivity contribution is 9.10. The summed E-state index contributed by atoms with van der Waals surface area (Å²) in [7, 11) is 0. The van der Waals surface area contributed by atoms with Crippen molar-refractivity contribution in [2.75, 3.05) is 11.9 Å². The molecule has 2 aromatic rings. The Kier molecular flexibility index (Phi) is 5.95. The van der Waals surface area contributed by atoms with Gasteiger partial charge in [-0.25, -0.2) is 0 Å². The molecule has 0 saturated heterocycles. The predicted octanol–water partition coefficient (Wildman–Crippen LogP) is 4.39. The zero-order valence-electron chi connectivity index (χ0n) is 12.5. The quantitative estimate of drug-likeness (QED) is 0.626. The van der Waals surface area contributed by atoms with E-state index in [1.165, 1.54) is 0 Å². The Bertz CT molecular complexity index is 761. The molecule has 0 aliphatic heterocycles. The number of amides is 1. The summed E-state index contributed by atoms with van der Waals surface area (Å²) in [6.45, 7) is 2.49. The summed E-state index contributed by atoms with van der Waals surface area (Å²) in [6, 6.07) is 16.3. The summed E-state index contributed by atoms with van der Waals surface area (Å²) in [4.78, 5) is 12.2. The monoisotopic (exact) mass is 370 g/mol. The van der Waals surface area contributed by atoms with Crippen molar-refractivity contribution >= 4 is 33.6 Å². The van der Waals surface area contributed by atoms with E-state index in [-0.39, 0.29) is 5.57 Å². The van der Waals surface area contributed by atoms with Gasteiger partial charge in [-0.05, 0) is 55.0 Å². The molecule has 0 fully saturated rings. The SMILES string of the molecule is CCOc1ccc(NC(=O)/C(C#N)=C/c2cccc(Br)c2)cc1. The van der Waals surface area contributed by atoms with Gasteiger partial charge in [-0.1, -0.05) is 28.1 Å². The first-order chi connectivity index (χ1) is 11.1. The second-order valence-electron chi connectivity index (χ2n) is 4.64. The lowest BCUT2D eigenvalue weighted by molar-refractivity contribution is -0.112. The van der Waals surface area contributed by atoms with Crippen LogP contribution in [0, 0.1) is 11.3 Å². The van der Waals surface area contributed by atoms with Gasteiger partial charge in [0.05, 0.1) is 6.61 Å². The summed E-state index contributed by atoms with van der Waals surface area (Å²) in [5.74, 6) is 0.285. The lowest BCUT2D eigenvalue weighted by Crippen LogP contribution is -2.13. The van der Waals surface area contributed by atoms with Crippen LogP contribution in [0.2, 0.25) is 0 Å². The Morgan fingerprint density at radius 2 is 2.04 bits per heavy atom. The van der Waals surface area contributed by atoms with Crippen LogP contribution in [0.4, 0.5) is 5.69 Å². The van der Waals surface area contributed by atoms with Crippen molar-refractivity contribution < 1.29 is 9.53 Å². The van der Waals surface area contributed by atoms with Crippen LogP contribution in [0.5, 0.6) is 5.75 Å². The standard InChI is InChI=1S/C18H15BrN2O2/c1-2-23-17-8-6-16(7-9-17)21-18(22)14(12-20)10-13-4-3-5-15(19)11-13/h3-11H,2H2,1H3,(H,21,22)/b14-10+. The van der Waals surface area contributed by atoms with E-state index in [9.17, 15) is 10.1 Å². The molecule has 0 radical (unpaired) electrons. The molecule has 0 unspecified atom stereocenters. The van der Waals surface area contributed by atoms with Crippen LogP contribution < -0.4 is 10.1 Å². The molecule has 4 nitrogen and oxygen atoms in total. The molecule has 0 spiro atoms. The summed E-state index contributed by atoms with van der Waals surface area (Å²) < 4.78 is 6.23. The fourth-order valence-corrected chi connectivity index (χ4v) is 2.33. The van der Waals surface area contributed by atoms with Gasteiger partial charge in [0.1, 0.15) is 17.4 Å². The Balaban J connectivity index is 2.12. The number of ether oxygens (including phenoxy) is 1. The number of nitriles is 1. The molecular formula is C18H15BrN2O2. The Morgan fingerprint density at radius 3 is 2.65 bits per heavy atom. The zero-order chi connectivity index (χ0) is 16.7. The van der Waals surface area contributed by atoms with Gasteiger partial charge in [0.25, 0.3) is 5.91 Å². The van der Waals surface area contributed by atoms with Gasteiger partial charge >= 0.3 is 0 Å². The molecule has 0 heterocycles. The minimum atomic E-state index is -0.448. The van der Waals surface area contributed by atoms with E-state index in [2.05, 4.69) is 21.2 Å². The zero-order valence-corrected chi connectivity index (χ0v) is 14.1. The van der Waals surface area contributed by atoms with Crippen molar-refractivity contribution in [1.29, 1.82) is 5.26 Å². The van der Waals surface area contributed by atoms with Gasteiger partial charge in [0, 0.05) is 10.2 Å². The largest absolute Gasteiger partial charge is 0.494 e. The molecule has 0 aromatic heterocycles. The van der Waals surface area contributed by atoms with Crippen LogP contribution in [-0.4, -0.2) is 12.5 Å². The summed E-state index contributed by atoms with van der Waals surface area (Å²) in [5.41, 5.74) is 1.42. The number of carbonyl (C=O) groups is 1. The maximum atomic E-state index is 12.2. The number of anilines is 1. The van der Waals surface area contributed by atoms with Crippen LogP contribution in [0.25, 0.3) is 6.08 Å². The van der Waals surface area contributed by atoms with Crippen LogP contribution in [0.3, 0.4) is 0 Å². The van der Waals surface area contributed by atoms with E-state index in [1.54, 1.807) is 30.3 Å². The van der Waals surface area contributed by atoms with E-state index in [4.69, 9.17) is 4.74 Å². The van der Waals surface area contributed by atoms with Crippen molar-refractivity contribution in [2.24, 2.45) is 0 Å². The number of benzene rings is 2. The molecule has 116 valence electrons. The number of hydrogen-bond acceptors (Lipinski definition) is 3. The first-order valence-electron chi connectivity index (χ1n) is 7.04. The minimum Gasteiger partial charge on any atom is -0.494 e. The highest BCUT2D eigenvalue weighted by atomic mass is 79.9. The molecule has 0 atom stereocenters. The number of nitrogens with zero attached hydrogens (tertiary/aromatic N) is 1. The maximum absolute atomic E-state index is 12.2. The molecule has 2 rings (SSSR count). The highest BCUT2D eigenvalue weighted by Gasteiger charge is 2.09. The van der Waals surface area contributed by atoms with E-state index in [0.29, 0.717) is 12.3 Å². The van der Waals surface area contributed by atoms with Gasteiger partial charge in [-0.3, -0.25) is 4.79 Å². The molecule has 0 saturated carbocycles. The van der Waals surface area contributed by atoms with E-state index in [0.717, 1.165) is 15.8 Å². The molecule has 1 N–H and O–H groups in total. The molecule has 0 aliphatic rings. The maximum Gasteiger partial charge on any atom is 0.266 e. The molecular weight excluding hydrogens is 356 g/mol. The molecule has 2 aromatic carbocycles. The first kappa shape index (κ1) is 16.8. The van der Waals surface area contributed by atoms with E-state index < -0.39 is 5.91 Å². The van der Waals surface area contributed by atoms with E-state index >= 15 is 0 Å². The van der Waals surface area contributed by atoms with Gasteiger partial charge in [-0.15, -0.1) is 0 Å². The second kappa shape index (κ2) is 8.16. The lowest BCUT2D eigenvalue weighted by Gasteiger charge is -2.06. The molecule has 0 bridgehead atoms. The van der Waals surface area contributed by atoms with Crippen LogP contribution >= 0.6 is 15.9 Å². The van der Waals surface area contributed by atoms with Crippen LogP contribution in [0.15, 0.2) is 58.6 Å². The summed E-state index contributed by atoms with van der Waals surface area (Å²) >= 11 is 3.36.